The summed E-state index contributed by atoms with van der Waals surface area (Å²) in [6, 6.07) is 5.48. The zero-order valence-corrected chi connectivity index (χ0v) is 7.58. The SMILES string of the molecule is C[C@@H](C(=O)O)c1cccc(C(F)F)c1. The molecule has 0 aliphatic rings. The normalized spacial score (nSPS) is 12.9. The van der Waals surface area contributed by atoms with Crippen molar-refractivity contribution in [3.8, 4) is 0 Å². The Morgan fingerprint density at radius 2 is 1.93 bits per heavy atom. The van der Waals surface area contributed by atoms with Crippen LogP contribution in [0, 0.1) is 0 Å². The van der Waals surface area contributed by atoms with E-state index in [4.69, 9.17) is 5.11 Å². The molecule has 0 spiro atoms. The number of carboxylic acids is 1. The lowest BCUT2D eigenvalue weighted by atomic mass is 9.99. The van der Waals surface area contributed by atoms with Gasteiger partial charge in [-0.25, -0.2) is 8.78 Å². The Morgan fingerprint density at radius 3 is 2.43 bits per heavy atom. The lowest BCUT2D eigenvalue weighted by Gasteiger charge is -2.08. The molecule has 0 saturated heterocycles. The van der Waals surface area contributed by atoms with Gasteiger partial charge in [-0.05, 0) is 18.6 Å². The van der Waals surface area contributed by atoms with E-state index < -0.39 is 18.3 Å². The van der Waals surface area contributed by atoms with Crippen molar-refractivity contribution in [2.45, 2.75) is 19.3 Å². The van der Waals surface area contributed by atoms with Crippen molar-refractivity contribution in [1.29, 1.82) is 0 Å². The lowest BCUT2D eigenvalue weighted by molar-refractivity contribution is -0.138. The maximum Gasteiger partial charge on any atom is 0.310 e. The van der Waals surface area contributed by atoms with E-state index in [1.807, 2.05) is 0 Å². The molecule has 1 N–H and O–H groups in total. The molecular formula is C10H10F2O2. The second-order valence-corrected chi connectivity index (χ2v) is 3.03. The molecule has 0 fully saturated rings. The fourth-order valence-electron chi connectivity index (χ4n) is 1.11. The van der Waals surface area contributed by atoms with Gasteiger partial charge in [0.05, 0.1) is 5.92 Å². The smallest absolute Gasteiger partial charge is 0.310 e. The van der Waals surface area contributed by atoms with Crippen molar-refractivity contribution < 1.29 is 18.7 Å². The summed E-state index contributed by atoms with van der Waals surface area (Å²) in [5.74, 6) is -1.77. The molecule has 4 heteroatoms. The highest BCUT2D eigenvalue weighted by molar-refractivity contribution is 5.75. The molecule has 1 aromatic carbocycles. The molecule has 2 nitrogen and oxygen atoms in total. The van der Waals surface area contributed by atoms with Crippen LogP contribution in [0.5, 0.6) is 0 Å². The second-order valence-electron chi connectivity index (χ2n) is 3.03. The van der Waals surface area contributed by atoms with Crippen LogP contribution < -0.4 is 0 Å². The highest BCUT2D eigenvalue weighted by Crippen LogP contribution is 2.23. The highest BCUT2D eigenvalue weighted by Gasteiger charge is 2.15. The zero-order valence-electron chi connectivity index (χ0n) is 7.58. The number of aliphatic carboxylic acids is 1. The number of benzene rings is 1. The van der Waals surface area contributed by atoms with Crippen LogP contribution in [0.1, 0.15) is 30.4 Å². The summed E-state index contributed by atoms with van der Waals surface area (Å²) in [4.78, 5) is 10.6. The molecule has 0 bridgehead atoms. The Morgan fingerprint density at radius 1 is 1.36 bits per heavy atom. The van der Waals surface area contributed by atoms with E-state index in [-0.39, 0.29) is 5.56 Å². The standard InChI is InChI=1S/C10H10F2O2/c1-6(10(13)14)7-3-2-4-8(5-7)9(11)12/h2-6,9H,1H3,(H,13,14)/t6-/m1/s1. The minimum atomic E-state index is -2.56. The van der Waals surface area contributed by atoms with Crippen LogP contribution in [0.25, 0.3) is 0 Å². The van der Waals surface area contributed by atoms with Gasteiger partial charge in [0.2, 0.25) is 0 Å². The molecule has 0 aromatic heterocycles. The molecule has 76 valence electrons. The Balaban J connectivity index is 2.99. The minimum Gasteiger partial charge on any atom is -0.481 e. The van der Waals surface area contributed by atoms with Crippen molar-refractivity contribution in [3.63, 3.8) is 0 Å². The third kappa shape index (κ3) is 2.28. The Kier molecular flexibility index (Phi) is 3.17. The largest absolute Gasteiger partial charge is 0.481 e. The molecule has 1 atom stereocenters. The molecular weight excluding hydrogens is 190 g/mol. The molecule has 1 rings (SSSR count). The number of rotatable bonds is 3. The molecule has 0 aliphatic heterocycles. The minimum absolute atomic E-state index is 0.143. The van der Waals surface area contributed by atoms with E-state index in [1.165, 1.54) is 31.2 Å². The summed E-state index contributed by atoms with van der Waals surface area (Å²) in [5.41, 5.74) is 0.255. The molecule has 0 saturated carbocycles. The van der Waals surface area contributed by atoms with Crippen LogP contribution in [0.2, 0.25) is 0 Å². The van der Waals surface area contributed by atoms with Crippen molar-refractivity contribution in [2.75, 3.05) is 0 Å². The van der Waals surface area contributed by atoms with E-state index in [9.17, 15) is 13.6 Å². The van der Waals surface area contributed by atoms with Crippen LogP contribution in [0.4, 0.5) is 8.78 Å². The van der Waals surface area contributed by atoms with Gasteiger partial charge in [-0.1, -0.05) is 18.2 Å². The van der Waals surface area contributed by atoms with Gasteiger partial charge < -0.3 is 5.11 Å². The van der Waals surface area contributed by atoms with Crippen LogP contribution in [0.3, 0.4) is 0 Å². The van der Waals surface area contributed by atoms with Crippen molar-refractivity contribution >= 4 is 5.97 Å². The third-order valence-corrected chi connectivity index (χ3v) is 2.03. The van der Waals surface area contributed by atoms with Gasteiger partial charge in [-0.15, -0.1) is 0 Å². The molecule has 0 amide bonds. The van der Waals surface area contributed by atoms with Crippen LogP contribution in [0.15, 0.2) is 24.3 Å². The van der Waals surface area contributed by atoms with Gasteiger partial charge in [0.25, 0.3) is 6.43 Å². The summed E-state index contributed by atoms with van der Waals surface area (Å²) >= 11 is 0. The summed E-state index contributed by atoms with van der Waals surface area (Å²) in [7, 11) is 0. The third-order valence-electron chi connectivity index (χ3n) is 2.03. The molecule has 0 aliphatic carbocycles. The molecule has 1 aromatic rings. The van der Waals surface area contributed by atoms with E-state index in [0.29, 0.717) is 5.56 Å². The fraction of sp³-hybridized carbons (Fsp3) is 0.300. The first-order valence-corrected chi connectivity index (χ1v) is 4.13. The fourth-order valence-corrected chi connectivity index (χ4v) is 1.11. The Bertz CT molecular complexity index is 337. The number of hydrogen-bond donors (Lipinski definition) is 1. The van der Waals surface area contributed by atoms with E-state index in [2.05, 4.69) is 0 Å². The van der Waals surface area contributed by atoms with Crippen LogP contribution >= 0.6 is 0 Å². The average Bonchev–Trinajstić information content (AvgIpc) is 2.16. The number of hydrogen-bond acceptors (Lipinski definition) is 1. The number of carboxylic acid groups (broad SMARTS) is 1. The molecule has 0 unspecified atom stereocenters. The van der Waals surface area contributed by atoms with E-state index in [0.717, 1.165) is 0 Å². The second kappa shape index (κ2) is 4.17. The zero-order chi connectivity index (χ0) is 10.7. The molecule has 14 heavy (non-hydrogen) atoms. The van der Waals surface area contributed by atoms with Gasteiger partial charge >= 0.3 is 5.97 Å². The van der Waals surface area contributed by atoms with Crippen LogP contribution in [-0.4, -0.2) is 11.1 Å². The van der Waals surface area contributed by atoms with Gasteiger partial charge in [0.1, 0.15) is 0 Å². The highest BCUT2D eigenvalue weighted by atomic mass is 19.3. The first-order valence-electron chi connectivity index (χ1n) is 4.13. The van der Waals surface area contributed by atoms with Gasteiger partial charge in [0, 0.05) is 5.56 Å². The van der Waals surface area contributed by atoms with Gasteiger partial charge in [-0.2, -0.15) is 0 Å². The lowest BCUT2D eigenvalue weighted by Crippen LogP contribution is -2.07. The number of carbonyl (C=O) groups is 1. The van der Waals surface area contributed by atoms with Gasteiger partial charge in [0.15, 0.2) is 0 Å². The quantitative estimate of drug-likeness (QED) is 0.814. The predicted octanol–water partition coefficient (Wildman–Crippen LogP) is 2.81. The van der Waals surface area contributed by atoms with Gasteiger partial charge in [-0.3, -0.25) is 4.79 Å². The molecule has 0 heterocycles. The number of alkyl halides is 2. The monoisotopic (exact) mass is 200 g/mol. The average molecular weight is 200 g/mol. The van der Waals surface area contributed by atoms with Crippen molar-refractivity contribution in [1.82, 2.24) is 0 Å². The Labute approximate surface area is 80.2 Å². The topological polar surface area (TPSA) is 37.3 Å². The maximum atomic E-state index is 12.3. The van der Waals surface area contributed by atoms with E-state index >= 15 is 0 Å². The summed E-state index contributed by atoms with van der Waals surface area (Å²) in [6.45, 7) is 1.47. The summed E-state index contributed by atoms with van der Waals surface area (Å²) in [5, 5.41) is 8.68. The summed E-state index contributed by atoms with van der Waals surface area (Å²) in [6.07, 6.45) is -2.56. The van der Waals surface area contributed by atoms with Crippen molar-refractivity contribution in [2.24, 2.45) is 0 Å². The van der Waals surface area contributed by atoms with E-state index in [1.54, 1.807) is 0 Å². The summed E-state index contributed by atoms with van der Waals surface area (Å²) < 4.78 is 24.5. The Hall–Kier alpha value is -1.45. The first kappa shape index (κ1) is 10.6. The van der Waals surface area contributed by atoms with Crippen molar-refractivity contribution in [3.05, 3.63) is 35.4 Å². The predicted molar refractivity (Wildman–Crippen MR) is 47.4 cm³/mol. The first-order chi connectivity index (χ1) is 6.52. The number of halogens is 2. The molecule has 0 radical (unpaired) electrons. The van der Waals surface area contributed by atoms with Crippen LogP contribution in [-0.2, 0) is 4.79 Å². The maximum absolute atomic E-state index is 12.3.